The molecule has 4 rings (SSSR count). The molecule has 9 nitrogen and oxygen atoms in total. The molecule has 1 amide bonds. The molecule has 2 saturated heterocycles. The van der Waals surface area contributed by atoms with E-state index in [0.717, 1.165) is 44.6 Å². The summed E-state index contributed by atoms with van der Waals surface area (Å²) >= 11 is 0. The summed E-state index contributed by atoms with van der Waals surface area (Å²) in [5.74, 6) is 0.907. The van der Waals surface area contributed by atoms with Gasteiger partial charge in [-0.2, -0.15) is 0 Å². The van der Waals surface area contributed by atoms with Crippen LogP contribution in [0.2, 0.25) is 0 Å². The predicted molar refractivity (Wildman–Crippen MR) is 133 cm³/mol. The summed E-state index contributed by atoms with van der Waals surface area (Å²) in [4.78, 5) is 16.3. The number of ether oxygens (including phenoxy) is 1. The highest BCUT2D eigenvalue weighted by Crippen LogP contribution is 2.29. The molecule has 1 aromatic carbocycles. The number of carbonyl (C=O) groups excluding carboxylic acids is 1. The maximum Gasteiger partial charge on any atom is 0.252 e. The largest absolute Gasteiger partial charge is 0.384 e. The van der Waals surface area contributed by atoms with Crippen molar-refractivity contribution in [2.45, 2.75) is 31.6 Å². The maximum atomic E-state index is 11.9. The minimum Gasteiger partial charge on any atom is -0.384 e. The van der Waals surface area contributed by atoms with Gasteiger partial charge in [0.1, 0.15) is 5.82 Å². The van der Waals surface area contributed by atoms with E-state index in [4.69, 9.17) is 10.5 Å². The Morgan fingerprint density at radius 1 is 1.15 bits per heavy atom. The lowest BCUT2D eigenvalue weighted by Gasteiger charge is -2.30. The van der Waals surface area contributed by atoms with Crippen LogP contribution < -0.4 is 16.4 Å². The fourth-order valence-corrected chi connectivity index (χ4v) is 5.46. The zero-order valence-corrected chi connectivity index (χ0v) is 20.3. The number of anilines is 3. The number of sulfonamides is 1. The second-order valence-corrected chi connectivity index (χ2v) is 11.1. The molecule has 1 aromatic heterocycles. The number of hydrogen-bond donors (Lipinski definition) is 3. The van der Waals surface area contributed by atoms with Crippen molar-refractivity contribution < 1.29 is 17.9 Å². The minimum absolute atomic E-state index is 0.307. The summed E-state index contributed by atoms with van der Waals surface area (Å²) in [7, 11) is -3.15. The van der Waals surface area contributed by atoms with Gasteiger partial charge in [-0.25, -0.2) is 17.7 Å². The molecular formula is C24H33N5O4S. The number of pyridine rings is 1. The average molecular weight is 488 g/mol. The van der Waals surface area contributed by atoms with Crippen molar-refractivity contribution in [3.63, 3.8) is 0 Å². The van der Waals surface area contributed by atoms with Crippen LogP contribution in [0.15, 0.2) is 36.5 Å². The molecule has 184 valence electrons. The lowest BCUT2D eigenvalue weighted by molar-refractivity contribution is 0.0853. The highest BCUT2D eigenvalue weighted by atomic mass is 32.2. The normalized spacial score (nSPS) is 18.5. The van der Waals surface area contributed by atoms with E-state index in [1.165, 1.54) is 22.3 Å². The Kier molecular flexibility index (Phi) is 7.70. The van der Waals surface area contributed by atoms with Gasteiger partial charge in [0, 0.05) is 50.8 Å². The van der Waals surface area contributed by atoms with Crippen LogP contribution in [0.5, 0.6) is 0 Å². The molecule has 0 bridgehead atoms. The van der Waals surface area contributed by atoms with E-state index < -0.39 is 15.9 Å². The van der Waals surface area contributed by atoms with Gasteiger partial charge in [0.05, 0.1) is 17.5 Å². The van der Waals surface area contributed by atoms with E-state index in [2.05, 4.69) is 27.8 Å². The number of hydrogen-bond acceptors (Lipinski definition) is 7. The third-order valence-electron chi connectivity index (χ3n) is 6.67. The number of rotatable bonds is 8. The molecule has 0 spiro atoms. The summed E-state index contributed by atoms with van der Waals surface area (Å²) < 4.78 is 30.4. The number of benzene rings is 1. The summed E-state index contributed by atoms with van der Waals surface area (Å²) in [5, 5.41) is 6.64. The van der Waals surface area contributed by atoms with Crippen molar-refractivity contribution in [2.24, 2.45) is 11.7 Å². The number of amides is 1. The van der Waals surface area contributed by atoms with Gasteiger partial charge >= 0.3 is 0 Å². The molecule has 0 saturated carbocycles. The van der Waals surface area contributed by atoms with E-state index in [9.17, 15) is 13.2 Å². The summed E-state index contributed by atoms with van der Waals surface area (Å²) in [6.45, 7) is 3.28. The van der Waals surface area contributed by atoms with Gasteiger partial charge in [-0.15, -0.1) is 0 Å². The van der Waals surface area contributed by atoms with Gasteiger partial charge in [0.25, 0.3) is 5.91 Å². The SMILES string of the molecule is CS(=O)(=O)N1CCC(CNc2cc(Nc3ccc(C4CCOCC4)cc3)ncc2C(N)=O)CC1. The molecule has 0 radical (unpaired) electrons. The first-order chi connectivity index (χ1) is 16.3. The Bertz CT molecular complexity index is 1090. The Labute approximate surface area is 201 Å². The molecule has 2 aliphatic heterocycles. The molecule has 3 heterocycles. The number of aromatic nitrogens is 1. The van der Waals surface area contributed by atoms with E-state index in [0.29, 0.717) is 48.5 Å². The van der Waals surface area contributed by atoms with E-state index in [-0.39, 0.29) is 0 Å². The zero-order chi connectivity index (χ0) is 24.1. The predicted octanol–water partition coefficient (Wildman–Crippen LogP) is 2.90. The molecule has 34 heavy (non-hydrogen) atoms. The second-order valence-electron chi connectivity index (χ2n) is 9.10. The smallest absolute Gasteiger partial charge is 0.252 e. The standard InChI is InChI=1S/C24H33N5O4S/c1-34(31,32)29-10-6-17(7-11-29)15-26-22-14-23(27-16-21(22)24(25)30)28-20-4-2-18(3-5-20)19-8-12-33-13-9-19/h2-5,14,16-17,19H,6-13,15H2,1H3,(H2,25,30)(H2,26,27,28). The van der Waals surface area contributed by atoms with Gasteiger partial charge in [0.15, 0.2) is 0 Å². The van der Waals surface area contributed by atoms with Crippen molar-refractivity contribution in [1.29, 1.82) is 0 Å². The first kappa shape index (κ1) is 24.4. The summed E-state index contributed by atoms with van der Waals surface area (Å²) in [5.41, 5.74) is 8.73. The molecule has 0 aliphatic carbocycles. The first-order valence-corrected chi connectivity index (χ1v) is 13.6. The number of nitrogens with one attached hydrogen (secondary N) is 2. The van der Waals surface area contributed by atoms with Crippen LogP contribution in [0, 0.1) is 5.92 Å². The molecule has 2 aliphatic rings. The van der Waals surface area contributed by atoms with Crippen LogP contribution in [0.25, 0.3) is 0 Å². The van der Waals surface area contributed by atoms with Crippen molar-refractivity contribution in [3.8, 4) is 0 Å². The van der Waals surface area contributed by atoms with Crippen LogP contribution in [0.3, 0.4) is 0 Å². The maximum absolute atomic E-state index is 11.9. The van der Waals surface area contributed by atoms with Gasteiger partial charge < -0.3 is 21.1 Å². The Morgan fingerprint density at radius 3 is 2.44 bits per heavy atom. The van der Waals surface area contributed by atoms with Gasteiger partial charge in [-0.3, -0.25) is 4.79 Å². The molecule has 2 fully saturated rings. The Balaban J connectivity index is 1.39. The van der Waals surface area contributed by atoms with Gasteiger partial charge in [-0.1, -0.05) is 12.1 Å². The topological polar surface area (TPSA) is 127 Å². The third kappa shape index (κ3) is 6.25. The Hall–Kier alpha value is -2.69. The van der Waals surface area contributed by atoms with Crippen LogP contribution in [0.4, 0.5) is 17.2 Å². The highest BCUT2D eigenvalue weighted by molar-refractivity contribution is 7.88. The average Bonchev–Trinajstić information content (AvgIpc) is 2.83. The van der Waals surface area contributed by atoms with Crippen LogP contribution >= 0.6 is 0 Å². The number of nitrogens with zero attached hydrogens (tertiary/aromatic N) is 2. The van der Waals surface area contributed by atoms with E-state index >= 15 is 0 Å². The minimum atomic E-state index is -3.15. The van der Waals surface area contributed by atoms with Gasteiger partial charge in [-0.05, 0) is 55.2 Å². The molecule has 10 heteroatoms. The molecular weight excluding hydrogens is 454 g/mol. The summed E-state index contributed by atoms with van der Waals surface area (Å²) in [6.07, 6.45) is 6.35. The summed E-state index contributed by atoms with van der Waals surface area (Å²) in [6, 6.07) is 10.1. The van der Waals surface area contributed by atoms with E-state index in [1.807, 2.05) is 12.1 Å². The molecule has 2 aromatic rings. The zero-order valence-electron chi connectivity index (χ0n) is 19.5. The van der Waals surface area contributed by atoms with Crippen molar-refractivity contribution in [2.75, 3.05) is 49.7 Å². The fraction of sp³-hybridized carbons (Fsp3) is 0.500. The molecule has 0 atom stereocenters. The third-order valence-corrected chi connectivity index (χ3v) is 7.97. The quantitative estimate of drug-likeness (QED) is 0.522. The fourth-order valence-electron chi connectivity index (χ4n) is 4.58. The van der Waals surface area contributed by atoms with Crippen molar-refractivity contribution in [1.82, 2.24) is 9.29 Å². The second kappa shape index (κ2) is 10.7. The monoisotopic (exact) mass is 487 g/mol. The first-order valence-electron chi connectivity index (χ1n) is 11.7. The van der Waals surface area contributed by atoms with Crippen LogP contribution in [-0.4, -0.2) is 62.7 Å². The lowest BCUT2D eigenvalue weighted by Crippen LogP contribution is -2.39. The van der Waals surface area contributed by atoms with Crippen molar-refractivity contribution in [3.05, 3.63) is 47.7 Å². The number of piperidine rings is 1. The Morgan fingerprint density at radius 2 is 1.82 bits per heavy atom. The van der Waals surface area contributed by atoms with Crippen molar-refractivity contribution >= 4 is 33.1 Å². The number of nitrogens with two attached hydrogens (primary N) is 1. The van der Waals surface area contributed by atoms with Crippen LogP contribution in [-0.2, 0) is 14.8 Å². The van der Waals surface area contributed by atoms with Gasteiger partial charge in [0.2, 0.25) is 10.0 Å². The highest BCUT2D eigenvalue weighted by Gasteiger charge is 2.25. The van der Waals surface area contributed by atoms with Crippen LogP contribution in [0.1, 0.15) is 47.5 Å². The molecule has 0 unspecified atom stereocenters. The molecule has 4 N–H and O–H groups in total. The lowest BCUT2D eigenvalue weighted by atomic mass is 9.92. The van der Waals surface area contributed by atoms with E-state index in [1.54, 1.807) is 6.07 Å². The number of primary amides is 1. The number of carbonyl (C=O) groups is 1.